The Hall–Kier alpha value is -2.55. The lowest BCUT2D eigenvalue weighted by Gasteiger charge is -2.26. The van der Waals surface area contributed by atoms with E-state index in [4.69, 9.17) is 0 Å². The molecule has 9 heteroatoms. The number of fused-ring (bicyclic) bond motifs is 1. The van der Waals surface area contributed by atoms with Crippen LogP contribution in [0.3, 0.4) is 0 Å². The number of hydrogen-bond donors (Lipinski definition) is 1. The Morgan fingerprint density at radius 1 is 1.18 bits per heavy atom. The van der Waals surface area contributed by atoms with Gasteiger partial charge >= 0.3 is 6.18 Å². The number of thioether (sulfide) groups is 1. The van der Waals surface area contributed by atoms with Gasteiger partial charge in [-0.1, -0.05) is 12.1 Å². The fourth-order valence-corrected chi connectivity index (χ4v) is 3.81. The zero-order chi connectivity index (χ0) is 20.5. The Morgan fingerprint density at radius 3 is 2.50 bits per heavy atom. The number of nitrogens with one attached hydrogen (secondary N) is 1. The fourth-order valence-electron chi connectivity index (χ4n) is 2.73. The minimum Gasteiger partial charge on any atom is -0.341 e. The summed E-state index contributed by atoms with van der Waals surface area (Å²) in [5.74, 6) is -1.19. The molecule has 1 aliphatic heterocycles. The number of amides is 2. The molecule has 1 heterocycles. The molecule has 0 spiro atoms. The molecule has 0 bridgehead atoms. The molecule has 3 rings (SSSR count). The predicted molar refractivity (Wildman–Crippen MR) is 97.2 cm³/mol. The molecule has 0 saturated heterocycles. The van der Waals surface area contributed by atoms with Gasteiger partial charge in [0.25, 0.3) is 0 Å². The van der Waals surface area contributed by atoms with Crippen molar-refractivity contribution < 1.29 is 27.2 Å². The maximum atomic E-state index is 13.0. The van der Waals surface area contributed by atoms with E-state index < -0.39 is 22.9 Å². The van der Waals surface area contributed by atoms with Crippen molar-refractivity contribution in [3.05, 3.63) is 59.4 Å². The standard InChI is InChI=1S/C19H16F4N2O2S/c1-25(10-11-2-5-13(20)6-3-11)17(26)9-16-18(27)24-14-8-12(19(21,22)23)4-7-15(14)28-16/h2-8,16H,9-10H2,1H3,(H,24,27)/t16-/m0/s1. The summed E-state index contributed by atoms with van der Waals surface area (Å²) in [7, 11) is 1.57. The summed E-state index contributed by atoms with van der Waals surface area (Å²) in [5, 5.41) is 1.71. The first kappa shape index (κ1) is 20.2. The molecule has 1 aliphatic rings. The number of benzene rings is 2. The van der Waals surface area contributed by atoms with Crippen LogP contribution in [0.25, 0.3) is 0 Å². The van der Waals surface area contributed by atoms with E-state index in [1.165, 1.54) is 23.1 Å². The SMILES string of the molecule is CN(Cc1ccc(F)cc1)C(=O)C[C@@H]1Sc2ccc(C(F)(F)F)cc2NC1=O. The van der Waals surface area contributed by atoms with Gasteiger partial charge in [0.1, 0.15) is 5.82 Å². The Bertz CT molecular complexity index is 900. The van der Waals surface area contributed by atoms with Crippen LogP contribution in [0, 0.1) is 5.82 Å². The summed E-state index contributed by atoms with van der Waals surface area (Å²) in [5.41, 5.74) is -0.0167. The Kier molecular flexibility index (Phi) is 5.64. The number of carbonyl (C=O) groups is 2. The van der Waals surface area contributed by atoms with Crippen LogP contribution in [-0.2, 0) is 22.3 Å². The second-order valence-electron chi connectivity index (χ2n) is 6.38. The van der Waals surface area contributed by atoms with E-state index in [-0.39, 0.29) is 30.4 Å². The molecule has 28 heavy (non-hydrogen) atoms. The molecule has 2 amide bonds. The smallest absolute Gasteiger partial charge is 0.341 e. The first-order chi connectivity index (χ1) is 13.1. The molecule has 0 radical (unpaired) electrons. The zero-order valence-corrected chi connectivity index (χ0v) is 15.5. The zero-order valence-electron chi connectivity index (χ0n) is 14.7. The summed E-state index contributed by atoms with van der Waals surface area (Å²) < 4.78 is 51.4. The summed E-state index contributed by atoms with van der Waals surface area (Å²) in [6, 6.07) is 8.85. The average molecular weight is 412 g/mol. The largest absolute Gasteiger partial charge is 0.416 e. The minimum atomic E-state index is -4.50. The van der Waals surface area contributed by atoms with Crippen molar-refractivity contribution in [2.45, 2.75) is 29.3 Å². The van der Waals surface area contributed by atoms with Gasteiger partial charge in [0, 0.05) is 24.9 Å². The van der Waals surface area contributed by atoms with Crippen molar-refractivity contribution >= 4 is 29.3 Å². The van der Waals surface area contributed by atoms with Crippen LogP contribution in [0.4, 0.5) is 23.2 Å². The van der Waals surface area contributed by atoms with E-state index in [2.05, 4.69) is 5.32 Å². The topological polar surface area (TPSA) is 49.4 Å². The van der Waals surface area contributed by atoms with Crippen LogP contribution in [0.5, 0.6) is 0 Å². The van der Waals surface area contributed by atoms with Gasteiger partial charge < -0.3 is 10.2 Å². The fraction of sp³-hybridized carbons (Fsp3) is 0.263. The third-order valence-corrected chi connectivity index (χ3v) is 5.52. The molecule has 2 aromatic rings. The van der Waals surface area contributed by atoms with Crippen molar-refractivity contribution in [3.63, 3.8) is 0 Å². The maximum absolute atomic E-state index is 13.0. The Balaban J connectivity index is 1.65. The monoisotopic (exact) mass is 412 g/mol. The molecule has 0 unspecified atom stereocenters. The van der Waals surface area contributed by atoms with Crippen LogP contribution >= 0.6 is 11.8 Å². The normalized spacial score (nSPS) is 16.3. The van der Waals surface area contributed by atoms with Crippen molar-refractivity contribution in [2.75, 3.05) is 12.4 Å². The molecule has 1 N–H and O–H groups in total. The molecule has 4 nitrogen and oxygen atoms in total. The quantitative estimate of drug-likeness (QED) is 0.762. The molecule has 0 fully saturated rings. The Morgan fingerprint density at radius 2 is 1.86 bits per heavy atom. The molecular formula is C19H16F4N2O2S. The number of rotatable bonds is 4. The van der Waals surface area contributed by atoms with Gasteiger partial charge in [-0.3, -0.25) is 9.59 Å². The van der Waals surface area contributed by atoms with Crippen LogP contribution in [0.2, 0.25) is 0 Å². The van der Waals surface area contributed by atoms with Gasteiger partial charge in [0.15, 0.2) is 0 Å². The number of alkyl halides is 3. The van der Waals surface area contributed by atoms with Crippen molar-refractivity contribution in [2.24, 2.45) is 0 Å². The van der Waals surface area contributed by atoms with Gasteiger partial charge in [-0.15, -0.1) is 11.8 Å². The van der Waals surface area contributed by atoms with Crippen molar-refractivity contribution in [3.8, 4) is 0 Å². The highest BCUT2D eigenvalue weighted by atomic mass is 32.2. The summed E-state index contributed by atoms with van der Waals surface area (Å²) >= 11 is 1.06. The number of halogens is 4. The first-order valence-electron chi connectivity index (χ1n) is 8.30. The number of anilines is 1. The second kappa shape index (κ2) is 7.83. The minimum absolute atomic E-state index is 0.0909. The lowest BCUT2D eigenvalue weighted by atomic mass is 10.1. The number of nitrogens with zero attached hydrogens (tertiary/aromatic N) is 1. The van der Waals surface area contributed by atoms with Crippen LogP contribution in [0.1, 0.15) is 17.5 Å². The molecule has 0 aliphatic carbocycles. The molecule has 2 aromatic carbocycles. The molecular weight excluding hydrogens is 396 g/mol. The van der Waals surface area contributed by atoms with Gasteiger partial charge in [-0.25, -0.2) is 4.39 Å². The lowest BCUT2D eigenvalue weighted by molar-refractivity contribution is -0.137. The molecule has 1 atom stereocenters. The van der Waals surface area contributed by atoms with E-state index in [1.807, 2.05) is 0 Å². The van der Waals surface area contributed by atoms with Gasteiger partial charge in [0.05, 0.1) is 16.5 Å². The number of carbonyl (C=O) groups excluding carboxylic acids is 2. The molecule has 148 valence electrons. The van der Waals surface area contributed by atoms with Crippen LogP contribution < -0.4 is 5.32 Å². The van der Waals surface area contributed by atoms with E-state index >= 15 is 0 Å². The number of hydrogen-bond acceptors (Lipinski definition) is 3. The molecule has 0 saturated carbocycles. The highest BCUT2D eigenvalue weighted by Crippen LogP contribution is 2.40. The maximum Gasteiger partial charge on any atom is 0.416 e. The average Bonchev–Trinajstić information content (AvgIpc) is 2.63. The molecule has 0 aromatic heterocycles. The first-order valence-corrected chi connectivity index (χ1v) is 9.18. The summed E-state index contributed by atoms with van der Waals surface area (Å²) in [6.45, 7) is 0.254. The van der Waals surface area contributed by atoms with Gasteiger partial charge in [0.2, 0.25) is 11.8 Å². The summed E-state index contributed by atoms with van der Waals surface area (Å²) in [4.78, 5) is 26.6. The lowest BCUT2D eigenvalue weighted by Crippen LogP contribution is -2.35. The highest BCUT2D eigenvalue weighted by molar-refractivity contribution is 8.01. The third kappa shape index (κ3) is 4.64. The van der Waals surface area contributed by atoms with E-state index in [0.717, 1.165) is 29.5 Å². The Labute approximate surface area is 162 Å². The van der Waals surface area contributed by atoms with E-state index in [9.17, 15) is 27.2 Å². The summed E-state index contributed by atoms with van der Waals surface area (Å²) in [6.07, 6.45) is -4.60. The van der Waals surface area contributed by atoms with Crippen LogP contribution in [-0.4, -0.2) is 29.0 Å². The predicted octanol–water partition coefficient (Wildman–Crippen LogP) is 4.31. The second-order valence-corrected chi connectivity index (χ2v) is 7.63. The third-order valence-electron chi connectivity index (χ3n) is 4.25. The van der Waals surface area contributed by atoms with Crippen LogP contribution in [0.15, 0.2) is 47.4 Å². The van der Waals surface area contributed by atoms with Crippen molar-refractivity contribution in [1.82, 2.24) is 4.90 Å². The van der Waals surface area contributed by atoms with Crippen molar-refractivity contribution in [1.29, 1.82) is 0 Å². The van der Waals surface area contributed by atoms with Gasteiger partial charge in [-0.2, -0.15) is 13.2 Å². The highest BCUT2D eigenvalue weighted by Gasteiger charge is 2.34. The van der Waals surface area contributed by atoms with E-state index in [1.54, 1.807) is 19.2 Å². The van der Waals surface area contributed by atoms with Gasteiger partial charge in [-0.05, 0) is 35.9 Å². The van der Waals surface area contributed by atoms with E-state index in [0.29, 0.717) is 4.90 Å².